The van der Waals surface area contributed by atoms with E-state index in [0.717, 1.165) is 11.6 Å². The van der Waals surface area contributed by atoms with Crippen LogP contribution in [0.1, 0.15) is 30.7 Å². The van der Waals surface area contributed by atoms with Crippen molar-refractivity contribution in [1.82, 2.24) is 15.0 Å². The molecular weight excluding hydrogens is 341 g/mol. The maximum Gasteiger partial charge on any atom is 0.419 e. The Bertz CT molecular complexity index is 662. The molecule has 0 unspecified atom stereocenters. The Morgan fingerprint density at radius 2 is 1.83 bits per heavy atom. The van der Waals surface area contributed by atoms with Crippen LogP contribution in [0.25, 0.3) is 0 Å². The summed E-state index contributed by atoms with van der Waals surface area (Å²) in [5, 5.41) is 0.349. The number of pyridine rings is 1. The van der Waals surface area contributed by atoms with E-state index >= 15 is 0 Å². The van der Waals surface area contributed by atoms with Crippen molar-refractivity contribution in [1.29, 1.82) is 0 Å². The van der Waals surface area contributed by atoms with Crippen molar-refractivity contribution in [2.45, 2.75) is 33.4 Å². The zero-order chi connectivity index (χ0) is 18.3. The van der Waals surface area contributed by atoms with E-state index in [2.05, 4.69) is 15.0 Å². The highest BCUT2D eigenvalue weighted by Crippen LogP contribution is 2.34. The first-order valence-corrected chi connectivity index (χ1v) is 7.88. The molecular formula is C16H20ClF3N4. The van der Waals surface area contributed by atoms with Gasteiger partial charge in [-0.25, -0.2) is 15.0 Å². The molecule has 0 fully saturated rings. The van der Waals surface area contributed by atoms with Gasteiger partial charge in [0.1, 0.15) is 17.3 Å². The van der Waals surface area contributed by atoms with Gasteiger partial charge in [-0.15, -0.1) is 0 Å². The van der Waals surface area contributed by atoms with Crippen LogP contribution in [-0.4, -0.2) is 28.5 Å². The first kappa shape index (κ1) is 20.2. The van der Waals surface area contributed by atoms with Crippen LogP contribution in [0.15, 0.2) is 24.7 Å². The molecule has 24 heavy (non-hydrogen) atoms. The van der Waals surface area contributed by atoms with Crippen molar-refractivity contribution in [2.24, 2.45) is 0 Å². The summed E-state index contributed by atoms with van der Waals surface area (Å²) >= 11 is 5.91. The molecule has 0 amide bonds. The predicted octanol–water partition coefficient (Wildman–Crippen LogP) is 4.56. The molecule has 0 aliphatic rings. The van der Waals surface area contributed by atoms with E-state index in [1.54, 1.807) is 14.0 Å². The SMILES string of the molecule is CC.Cc1c(Cl)ncnc1CCN(C)c1ncccc1C(F)(F)F. The van der Waals surface area contributed by atoms with Gasteiger partial charge >= 0.3 is 6.18 Å². The Balaban J connectivity index is 0.00000139. The standard InChI is InChI=1S/C14H14ClF3N4.C2H6/c1-9-11(20-8-21-12(9)15)5-7-22(2)13-10(14(16,17)18)4-3-6-19-13;1-2/h3-4,6,8H,5,7H2,1-2H3;1-2H3. The third-order valence-electron chi connectivity index (χ3n) is 3.26. The molecule has 8 heteroatoms. The van der Waals surface area contributed by atoms with Crippen molar-refractivity contribution >= 4 is 17.4 Å². The Morgan fingerprint density at radius 1 is 1.17 bits per heavy atom. The van der Waals surface area contributed by atoms with Crippen LogP contribution in [0, 0.1) is 6.92 Å². The smallest absolute Gasteiger partial charge is 0.359 e. The lowest BCUT2D eigenvalue weighted by molar-refractivity contribution is -0.137. The summed E-state index contributed by atoms with van der Waals surface area (Å²) in [5.41, 5.74) is 0.681. The highest BCUT2D eigenvalue weighted by molar-refractivity contribution is 6.30. The maximum absolute atomic E-state index is 13.0. The quantitative estimate of drug-likeness (QED) is 0.750. The maximum atomic E-state index is 13.0. The molecule has 0 aliphatic heterocycles. The molecule has 0 N–H and O–H groups in total. The zero-order valence-corrected chi connectivity index (χ0v) is 14.8. The summed E-state index contributed by atoms with van der Waals surface area (Å²) in [7, 11) is 1.57. The lowest BCUT2D eigenvalue weighted by atomic mass is 10.2. The molecule has 0 bridgehead atoms. The molecule has 0 saturated carbocycles. The molecule has 0 radical (unpaired) electrons. The van der Waals surface area contributed by atoms with Crippen LogP contribution in [0.3, 0.4) is 0 Å². The van der Waals surface area contributed by atoms with Gasteiger partial charge in [0.05, 0.1) is 5.56 Å². The van der Waals surface area contributed by atoms with Gasteiger partial charge in [-0.1, -0.05) is 25.4 Å². The van der Waals surface area contributed by atoms with E-state index in [9.17, 15) is 13.2 Å². The van der Waals surface area contributed by atoms with Gasteiger partial charge in [-0.05, 0) is 19.1 Å². The minimum Gasteiger partial charge on any atom is -0.359 e. The van der Waals surface area contributed by atoms with Crippen molar-refractivity contribution in [2.75, 3.05) is 18.5 Å². The summed E-state index contributed by atoms with van der Waals surface area (Å²) in [6.07, 6.45) is -1.31. The van der Waals surface area contributed by atoms with Gasteiger partial charge in [-0.2, -0.15) is 13.2 Å². The fourth-order valence-corrected chi connectivity index (χ4v) is 2.17. The summed E-state index contributed by atoms with van der Waals surface area (Å²) < 4.78 is 39.0. The summed E-state index contributed by atoms with van der Waals surface area (Å²) in [5.74, 6) is -0.104. The van der Waals surface area contributed by atoms with Crippen LogP contribution in [0.5, 0.6) is 0 Å². The topological polar surface area (TPSA) is 41.9 Å². The number of halogens is 4. The first-order valence-electron chi connectivity index (χ1n) is 7.50. The second-order valence-corrected chi connectivity index (χ2v) is 5.14. The van der Waals surface area contributed by atoms with E-state index in [4.69, 9.17) is 11.6 Å². The van der Waals surface area contributed by atoms with Crippen LogP contribution in [-0.2, 0) is 12.6 Å². The lowest BCUT2D eigenvalue weighted by Gasteiger charge is -2.22. The highest BCUT2D eigenvalue weighted by atomic mass is 35.5. The number of nitrogens with zero attached hydrogens (tertiary/aromatic N) is 4. The molecule has 2 rings (SSSR count). The Kier molecular flexibility index (Phi) is 7.41. The average molecular weight is 361 g/mol. The number of likely N-dealkylation sites (N-methyl/N-ethyl adjacent to an activating group) is 1. The Labute approximate surface area is 144 Å². The van der Waals surface area contributed by atoms with Gasteiger partial charge in [0, 0.05) is 37.5 Å². The Hall–Kier alpha value is -1.89. The molecule has 2 heterocycles. The third kappa shape index (κ3) is 5.06. The molecule has 4 nitrogen and oxygen atoms in total. The van der Waals surface area contributed by atoms with Gasteiger partial charge in [-0.3, -0.25) is 0 Å². The summed E-state index contributed by atoms with van der Waals surface area (Å²) in [6, 6.07) is 2.29. The molecule has 0 saturated heterocycles. The monoisotopic (exact) mass is 360 g/mol. The van der Waals surface area contributed by atoms with Gasteiger partial charge in [0.15, 0.2) is 0 Å². The minimum absolute atomic E-state index is 0.104. The van der Waals surface area contributed by atoms with Crippen molar-refractivity contribution in [3.8, 4) is 0 Å². The van der Waals surface area contributed by atoms with Crippen molar-refractivity contribution < 1.29 is 13.2 Å². The molecule has 2 aromatic rings. The van der Waals surface area contributed by atoms with Gasteiger partial charge in [0.2, 0.25) is 0 Å². The number of anilines is 1. The van der Waals surface area contributed by atoms with Crippen LogP contribution >= 0.6 is 11.6 Å². The average Bonchev–Trinajstić information content (AvgIpc) is 2.57. The van der Waals surface area contributed by atoms with Crippen molar-refractivity contribution in [3.63, 3.8) is 0 Å². The lowest BCUT2D eigenvalue weighted by Crippen LogP contribution is -2.25. The van der Waals surface area contributed by atoms with Crippen LogP contribution in [0.4, 0.5) is 19.0 Å². The second-order valence-electron chi connectivity index (χ2n) is 4.78. The van der Waals surface area contributed by atoms with Gasteiger partial charge in [0.25, 0.3) is 0 Å². The van der Waals surface area contributed by atoms with E-state index in [1.165, 1.54) is 23.5 Å². The molecule has 132 valence electrons. The number of rotatable bonds is 4. The number of alkyl halides is 3. The summed E-state index contributed by atoms with van der Waals surface area (Å²) in [4.78, 5) is 13.3. The minimum atomic E-state index is -4.44. The molecule has 2 aromatic heterocycles. The third-order valence-corrected chi connectivity index (χ3v) is 3.65. The van der Waals surface area contributed by atoms with E-state index in [-0.39, 0.29) is 5.82 Å². The second kappa shape index (κ2) is 8.82. The fourth-order valence-electron chi connectivity index (χ4n) is 2.02. The van der Waals surface area contributed by atoms with Crippen LogP contribution in [0.2, 0.25) is 5.15 Å². The molecule has 0 aliphatic carbocycles. The van der Waals surface area contributed by atoms with Crippen molar-refractivity contribution in [3.05, 3.63) is 46.6 Å². The van der Waals surface area contributed by atoms with E-state index < -0.39 is 11.7 Å². The molecule has 0 spiro atoms. The number of hydrogen-bond acceptors (Lipinski definition) is 4. The van der Waals surface area contributed by atoms with E-state index in [0.29, 0.717) is 23.8 Å². The number of hydrogen-bond donors (Lipinski definition) is 0. The van der Waals surface area contributed by atoms with Gasteiger partial charge < -0.3 is 4.90 Å². The highest BCUT2D eigenvalue weighted by Gasteiger charge is 2.35. The first-order chi connectivity index (χ1) is 11.3. The molecule has 0 atom stereocenters. The predicted molar refractivity (Wildman–Crippen MR) is 89.3 cm³/mol. The summed E-state index contributed by atoms with van der Waals surface area (Å²) in [6.45, 7) is 6.11. The molecule has 0 aromatic carbocycles. The largest absolute Gasteiger partial charge is 0.419 e. The normalized spacial score (nSPS) is 10.8. The van der Waals surface area contributed by atoms with Crippen LogP contribution < -0.4 is 4.90 Å². The zero-order valence-electron chi connectivity index (χ0n) is 14.0. The number of aromatic nitrogens is 3. The Morgan fingerprint density at radius 3 is 2.46 bits per heavy atom. The van der Waals surface area contributed by atoms with E-state index in [1.807, 2.05) is 13.8 Å². The fraction of sp³-hybridized carbons (Fsp3) is 0.438.